The Morgan fingerprint density at radius 1 is 0.262 bits per heavy atom. The summed E-state index contributed by atoms with van der Waals surface area (Å²) >= 11 is 0. The number of hydrogen-bond donors (Lipinski definition) is 8. The summed E-state index contributed by atoms with van der Waals surface area (Å²) in [5.41, 5.74) is 7.94. The van der Waals surface area contributed by atoms with Crippen LogP contribution in [0.4, 0.5) is 0 Å². The number of aromatic nitrogens is 8. The molecule has 25 rings (SSSR count). The summed E-state index contributed by atoms with van der Waals surface area (Å²) in [5, 5.41) is 106. The van der Waals surface area contributed by atoms with Crippen molar-refractivity contribution in [2.24, 2.45) is 5.92 Å². The number of unbranched alkanes of at least 4 members (excludes halogenated alkanes) is 1. The van der Waals surface area contributed by atoms with Gasteiger partial charge in [-0.2, -0.15) is 19.9 Å². The van der Waals surface area contributed by atoms with Crippen molar-refractivity contribution < 1.29 is 59.8 Å². The molecule has 0 aliphatic heterocycles. The van der Waals surface area contributed by atoms with E-state index in [1.54, 1.807) is 30.3 Å². The SMILES string of the molecule is CCCCC(CC)COc1cc(-c2ccc3ccc4cccc5ccc2c3c45)nc(-c2ccccc2O)n1.Oc1cc(O)c(-c2nc(OC3CCCC3)cc(-c3ccc4cc5ccccc5cc4c3)n2)c(O)c1.Oc1ccc(-c2nc(OC3CCCC3)cc(-c3c4ccccc4cc4ccccc34)n2)c(O)c1.Oc1cccc(O)c1-c1nc(OC2CCCC2)cc(-c2cc3c4ccccc4ccc3c3ccccc23)n1. The van der Waals surface area contributed by atoms with E-state index in [2.05, 4.69) is 216 Å². The first-order valence-corrected chi connectivity index (χ1v) is 50.1. The van der Waals surface area contributed by atoms with Gasteiger partial charge in [-0.05, 0) is 264 Å². The molecule has 20 nitrogen and oxygen atoms in total. The molecule has 1 atom stereocenters. The molecule has 4 heterocycles. The first-order chi connectivity index (χ1) is 71.0. The predicted molar refractivity (Wildman–Crippen MR) is 579 cm³/mol. The van der Waals surface area contributed by atoms with E-state index in [1.165, 1.54) is 85.6 Å². The number of benzene rings is 18. The van der Waals surface area contributed by atoms with E-state index in [1.807, 2.05) is 78.9 Å². The van der Waals surface area contributed by atoms with Crippen LogP contribution in [0.1, 0.15) is 117 Å². The Morgan fingerprint density at radius 2 is 0.683 bits per heavy atom. The summed E-state index contributed by atoms with van der Waals surface area (Å²) in [4.78, 5) is 38.0. The van der Waals surface area contributed by atoms with E-state index >= 15 is 0 Å². The largest absolute Gasteiger partial charge is 0.508 e. The number of hydrogen-bond acceptors (Lipinski definition) is 20. The summed E-state index contributed by atoms with van der Waals surface area (Å²) in [6.07, 6.45) is 17.6. The van der Waals surface area contributed by atoms with Crippen molar-refractivity contribution in [1.29, 1.82) is 0 Å². The minimum atomic E-state index is -0.309. The maximum atomic E-state index is 10.6. The molecule has 3 aliphatic rings. The number of phenolic OH excluding ortho intramolecular Hbond substituents is 8. The summed E-state index contributed by atoms with van der Waals surface area (Å²) in [6, 6.07) is 106. The molecule has 0 bridgehead atoms. The Hall–Kier alpha value is -17.3. The topological polar surface area (TPSA) is 302 Å². The predicted octanol–water partition coefficient (Wildman–Crippen LogP) is 30.4. The molecule has 718 valence electrons. The molecular formula is C125H106N8O12. The lowest BCUT2D eigenvalue weighted by Crippen LogP contribution is -2.12. The maximum absolute atomic E-state index is 10.6. The second-order valence-electron chi connectivity index (χ2n) is 38.0. The van der Waals surface area contributed by atoms with Gasteiger partial charge >= 0.3 is 0 Å². The molecule has 3 saturated carbocycles. The molecule has 0 spiro atoms. The van der Waals surface area contributed by atoms with Gasteiger partial charge in [-0.3, -0.25) is 0 Å². The molecule has 1 unspecified atom stereocenters. The average molecular weight is 1910 g/mol. The van der Waals surface area contributed by atoms with Gasteiger partial charge in [0.2, 0.25) is 23.5 Å². The third-order valence-electron chi connectivity index (χ3n) is 28.4. The molecular weight excluding hydrogens is 1810 g/mol. The van der Waals surface area contributed by atoms with Crippen LogP contribution in [-0.2, 0) is 0 Å². The van der Waals surface area contributed by atoms with Gasteiger partial charge in [-0.25, -0.2) is 19.9 Å². The van der Waals surface area contributed by atoms with Crippen LogP contribution < -0.4 is 18.9 Å². The Kier molecular flexibility index (Phi) is 26.1. The van der Waals surface area contributed by atoms with Crippen LogP contribution in [0.15, 0.2) is 328 Å². The highest BCUT2D eigenvalue weighted by Gasteiger charge is 2.29. The Balaban J connectivity index is 0.000000110. The first kappa shape index (κ1) is 92.7. The van der Waals surface area contributed by atoms with Gasteiger partial charge < -0.3 is 59.8 Å². The second-order valence-corrected chi connectivity index (χ2v) is 38.0. The molecule has 0 saturated heterocycles. The van der Waals surface area contributed by atoms with Crippen LogP contribution in [0, 0.1) is 5.92 Å². The second kappa shape index (κ2) is 40.8. The highest BCUT2D eigenvalue weighted by atomic mass is 16.5. The molecule has 0 amide bonds. The standard InChI is InChI=1S/C34H32N2O2.C33H26N2O3.C29H24N2O4.C29H24N2O3/c1-3-5-9-22(4-2)21-38-31-20-29(35-34(36-31)28-12-6-7-13-30(28)37)26-18-16-25-15-14-23-10-8-11-24-17-19-27(26)33(25)32(23)24;36-29-14-7-15-30(37)32(29)33-34-28(19-31(35-33)38-21-9-2-3-10-21)27-18-26-22-11-4-1-8-20(22)16-17-25(26)23-12-5-6-13-24(23)27;32-22-14-25(33)28(26(34)15-22)29-30-24(16-27(31-29)35-23-7-3-4-8-23)20-10-9-19-11-17-5-1-2-6-18(17)12-21(19)13-20;32-20-13-14-24(26(33)16-20)29-30-25(17-27(31-29)34-21-9-3-4-10-21)28-22-11-5-1-7-18(22)15-19-8-2-6-12-23(19)28/h6-8,10-20,22,37H,3-5,9,21H2,1-2H3;1,4-8,11-19,21,36-37H,2-3,9-10H2;1-2,5-6,9-16,23,32-34H,3-4,7-8H2;1-2,5-8,11-17,21,32-33H,3-4,9-10H2. The van der Waals surface area contributed by atoms with E-state index in [9.17, 15) is 40.9 Å². The molecule has 3 fully saturated rings. The number of rotatable bonds is 21. The van der Waals surface area contributed by atoms with Crippen LogP contribution in [0.25, 0.3) is 198 Å². The van der Waals surface area contributed by atoms with Crippen molar-refractivity contribution in [2.75, 3.05) is 6.61 Å². The van der Waals surface area contributed by atoms with Gasteiger partial charge in [0.25, 0.3) is 0 Å². The van der Waals surface area contributed by atoms with Crippen LogP contribution in [-0.4, -0.2) is 106 Å². The highest BCUT2D eigenvalue weighted by molar-refractivity contribution is 6.26. The molecule has 0 radical (unpaired) electrons. The van der Waals surface area contributed by atoms with E-state index in [0.29, 0.717) is 70.2 Å². The lowest BCUT2D eigenvalue weighted by atomic mass is 9.91. The Bertz CT molecular complexity index is 8550. The lowest BCUT2D eigenvalue weighted by Gasteiger charge is -2.17. The third-order valence-corrected chi connectivity index (χ3v) is 28.4. The number of para-hydroxylation sites is 1. The molecule has 145 heavy (non-hydrogen) atoms. The van der Waals surface area contributed by atoms with Gasteiger partial charge in [0.1, 0.15) is 75.4 Å². The molecule has 18 aromatic carbocycles. The van der Waals surface area contributed by atoms with Gasteiger partial charge in [-0.1, -0.05) is 251 Å². The third kappa shape index (κ3) is 19.4. The number of fused-ring (bicyclic) bond motifs is 9. The smallest absolute Gasteiger partial charge is 0.217 e. The molecule has 22 aromatic rings. The fraction of sp³-hybridized carbons (Fsp3) is 0.184. The zero-order valence-corrected chi connectivity index (χ0v) is 80.3. The molecule has 20 heteroatoms. The maximum Gasteiger partial charge on any atom is 0.217 e. The summed E-state index contributed by atoms with van der Waals surface area (Å²) in [7, 11) is 0. The van der Waals surface area contributed by atoms with Crippen LogP contribution >= 0.6 is 0 Å². The van der Waals surface area contributed by atoms with Crippen molar-refractivity contribution in [3.8, 4) is 160 Å². The number of ether oxygens (including phenoxy) is 4. The van der Waals surface area contributed by atoms with Crippen LogP contribution in [0.5, 0.6) is 69.5 Å². The summed E-state index contributed by atoms with van der Waals surface area (Å²) in [5.74, 6) is 2.57. The zero-order valence-electron chi connectivity index (χ0n) is 80.3. The van der Waals surface area contributed by atoms with E-state index in [0.717, 1.165) is 195 Å². The van der Waals surface area contributed by atoms with Crippen LogP contribution in [0.2, 0.25) is 0 Å². The highest BCUT2D eigenvalue weighted by Crippen LogP contribution is 2.48. The van der Waals surface area contributed by atoms with E-state index in [4.69, 9.17) is 38.9 Å². The van der Waals surface area contributed by atoms with E-state index in [-0.39, 0.29) is 87.1 Å². The van der Waals surface area contributed by atoms with Crippen LogP contribution in [0.3, 0.4) is 0 Å². The fourth-order valence-corrected chi connectivity index (χ4v) is 21.0. The first-order valence-electron chi connectivity index (χ1n) is 50.1. The molecule has 3 aliphatic carbocycles. The number of phenols is 8. The van der Waals surface area contributed by atoms with Gasteiger partial charge in [-0.15, -0.1) is 0 Å². The quantitative estimate of drug-likeness (QED) is 0.0245. The molecule has 8 N–H and O–H groups in total. The lowest BCUT2D eigenvalue weighted by molar-refractivity contribution is 0.201. The minimum Gasteiger partial charge on any atom is -0.508 e. The van der Waals surface area contributed by atoms with Crippen molar-refractivity contribution >= 4 is 108 Å². The van der Waals surface area contributed by atoms with Crippen molar-refractivity contribution in [3.05, 3.63) is 328 Å². The van der Waals surface area contributed by atoms with Crippen molar-refractivity contribution in [1.82, 2.24) is 39.9 Å². The molecule has 4 aromatic heterocycles. The van der Waals surface area contributed by atoms with Gasteiger partial charge in [0.05, 0.1) is 40.5 Å². The fourth-order valence-electron chi connectivity index (χ4n) is 21.0. The van der Waals surface area contributed by atoms with Gasteiger partial charge in [0.15, 0.2) is 23.3 Å². The van der Waals surface area contributed by atoms with E-state index < -0.39 is 0 Å². The minimum absolute atomic E-state index is 0.0140. The Morgan fingerprint density at radius 3 is 1.31 bits per heavy atom. The van der Waals surface area contributed by atoms with Crippen molar-refractivity contribution in [3.63, 3.8) is 0 Å². The Labute approximate surface area is 837 Å². The number of nitrogens with zero attached hydrogens (tertiary/aromatic N) is 8. The van der Waals surface area contributed by atoms with Crippen molar-refractivity contribution in [2.45, 2.75) is 135 Å². The summed E-state index contributed by atoms with van der Waals surface area (Å²) in [6.45, 7) is 5.05. The summed E-state index contributed by atoms with van der Waals surface area (Å²) < 4.78 is 25.1. The number of aromatic hydroxyl groups is 8. The average Bonchev–Trinajstić information content (AvgIpc) is 1.04. The normalized spacial score (nSPS) is 13.6. The monoisotopic (exact) mass is 1910 g/mol. The van der Waals surface area contributed by atoms with Gasteiger partial charge in [0, 0.05) is 64.7 Å². The zero-order chi connectivity index (χ0) is 98.7.